The van der Waals surface area contributed by atoms with Crippen molar-refractivity contribution < 1.29 is 9.59 Å². The van der Waals surface area contributed by atoms with Crippen LogP contribution < -0.4 is 10.2 Å². The lowest BCUT2D eigenvalue weighted by molar-refractivity contribution is -0.122. The molecule has 1 aliphatic heterocycles. The van der Waals surface area contributed by atoms with E-state index in [9.17, 15) is 9.59 Å². The number of carbonyl (C=O) groups is 2. The van der Waals surface area contributed by atoms with Gasteiger partial charge in [-0.2, -0.15) is 0 Å². The number of nitrogens with one attached hydrogen (secondary N) is 1. The van der Waals surface area contributed by atoms with Gasteiger partial charge in [0, 0.05) is 17.1 Å². The second kappa shape index (κ2) is 8.96. The Morgan fingerprint density at radius 1 is 0.886 bits per heavy atom. The molecule has 1 saturated heterocycles. The molecule has 35 heavy (non-hydrogen) atoms. The number of carbonyl (C=O) groups excluding carboxylic acids is 2. The van der Waals surface area contributed by atoms with Crippen LogP contribution in [0.2, 0.25) is 0 Å². The number of nitrogens with zero attached hydrogens (tertiary/aromatic N) is 2. The third kappa shape index (κ3) is 4.06. The van der Waals surface area contributed by atoms with Crippen LogP contribution in [0.25, 0.3) is 22.5 Å². The van der Waals surface area contributed by atoms with E-state index in [-0.39, 0.29) is 10.7 Å². The summed E-state index contributed by atoms with van der Waals surface area (Å²) in [6.07, 6.45) is 2.56. The molecule has 1 N–H and O–H groups in total. The summed E-state index contributed by atoms with van der Waals surface area (Å²) in [5, 5.41) is 5.08. The van der Waals surface area contributed by atoms with Crippen molar-refractivity contribution in [3.05, 3.63) is 101 Å². The molecule has 0 saturated carbocycles. The van der Waals surface area contributed by atoms with Crippen LogP contribution in [0.4, 0.5) is 5.69 Å². The van der Waals surface area contributed by atoms with Crippen molar-refractivity contribution >= 4 is 51.7 Å². The summed E-state index contributed by atoms with van der Waals surface area (Å²) in [5.41, 5.74) is 5.63. The first-order valence-corrected chi connectivity index (χ1v) is 12.0. The van der Waals surface area contributed by atoms with E-state index in [4.69, 9.17) is 12.2 Å². The monoisotopic (exact) mass is 479 g/mol. The molecular weight excluding hydrogens is 454 g/mol. The van der Waals surface area contributed by atoms with Crippen LogP contribution >= 0.6 is 12.2 Å². The summed E-state index contributed by atoms with van der Waals surface area (Å²) < 4.78 is 2.13. The molecule has 0 unspecified atom stereocenters. The minimum Gasteiger partial charge on any atom is -0.318 e. The first-order chi connectivity index (χ1) is 16.9. The normalized spacial score (nSPS) is 15.2. The van der Waals surface area contributed by atoms with Gasteiger partial charge in [-0.15, -0.1) is 0 Å². The summed E-state index contributed by atoms with van der Waals surface area (Å²) in [4.78, 5) is 27.6. The number of aromatic nitrogens is 1. The van der Waals surface area contributed by atoms with E-state index in [1.54, 1.807) is 6.08 Å². The van der Waals surface area contributed by atoms with Crippen molar-refractivity contribution in [2.75, 3.05) is 4.90 Å². The van der Waals surface area contributed by atoms with Gasteiger partial charge >= 0.3 is 0 Å². The Morgan fingerprint density at radius 2 is 1.57 bits per heavy atom. The minimum atomic E-state index is -0.489. The standard InChI is InChI=1S/C29H25N3O2S/c1-4-20-9-12-24(13-10-20)32-28(34)26(27(33)30-29(32)35)17-23-15-18(2)31(19(23)3)25-14-11-21-7-5-6-8-22(21)16-25/h5-17H,4H2,1-3H3,(H,30,33,35). The maximum Gasteiger partial charge on any atom is 0.270 e. The third-order valence-corrected chi connectivity index (χ3v) is 6.75. The zero-order valence-electron chi connectivity index (χ0n) is 19.8. The van der Waals surface area contributed by atoms with Crippen LogP contribution in [0.1, 0.15) is 29.4 Å². The highest BCUT2D eigenvalue weighted by Gasteiger charge is 2.34. The van der Waals surface area contributed by atoms with Crippen molar-refractivity contribution in [1.82, 2.24) is 9.88 Å². The molecule has 0 spiro atoms. The first kappa shape index (κ1) is 22.7. The van der Waals surface area contributed by atoms with E-state index in [1.165, 1.54) is 10.3 Å². The molecule has 0 bridgehead atoms. The van der Waals surface area contributed by atoms with E-state index in [1.807, 2.05) is 56.3 Å². The van der Waals surface area contributed by atoms with Gasteiger partial charge in [0.25, 0.3) is 11.8 Å². The van der Waals surface area contributed by atoms with Crippen molar-refractivity contribution in [2.24, 2.45) is 0 Å². The second-order valence-electron chi connectivity index (χ2n) is 8.67. The van der Waals surface area contributed by atoms with E-state index in [0.29, 0.717) is 5.69 Å². The van der Waals surface area contributed by atoms with E-state index >= 15 is 0 Å². The quantitative estimate of drug-likeness (QED) is 0.234. The highest BCUT2D eigenvalue weighted by molar-refractivity contribution is 7.80. The van der Waals surface area contributed by atoms with Gasteiger partial charge in [0.15, 0.2) is 5.11 Å². The molecule has 5 rings (SSSR count). The molecule has 1 fully saturated rings. The molecule has 0 radical (unpaired) electrons. The summed E-state index contributed by atoms with van der Waals surface area (Å²) in [7, 11) is 0. The van der Waals surface area contributed by atoms with Crippen LogP contribution in [-0.2, 0) is 16.0 Å². The number of aryl methyl sites for hydroxylation is 2. The smallest absolute Gasteiger partial charge is 0.270 e. The second-order valence-corrected chi connectivity index (χ2v) is 9.06. The highest BCUT2D eigenvalue weighted by atomic mass is 32.1. The van der Waals surface area contributed by atoms with E-state index < -0.39 is 11.8 Å². The summed E-state index contributed by atoms with van der Waals surface area (Å²) in [6, 6.07) is 24.2. The lowest BCUT2D eigenvalue weighted by Gasteiger charge is -2.29. The number of hydrogen-bond donors (Lipinski definition) is 1. The number of anilines is 1. The van der Waals surface area contributed by atoms with Crippen LogP contribution in [0.5, 0.6) is 0 Å². The van der Waals surface area contributed by atoms with Gasteiger partial charge in [-0.25, -0.2) is 0 Å². The Hall–Kier alpha value is -4.03. The molecule has 174 valence electrons. The molecule has 2 heterocycles. The molecule has 4 aromatic rings. The van der Waals surface area contributed by atoms with Gasteiger partial charge in [0.1, 0.15) is 5.57 Å². The molecular formula is C29H25N3O2S. The van der Waals surface area contributed by atoms with Crippen LogP contribution in [0.3, 0.4) is 0 Å². The number of rotatable bonds is 4. The fourth-order valence-electron chi connectivity index (χ4n) is 4.58. The van der Waals surface area contributed by atoms with Crippen molar-refractivity contribution in [2.45, 2.75) is 27.2 Å². The maximum atomic E-state index is 13.4. The molecule has 1 aliphatic rings. The van der Waals surface area contributed by atoms with Gasteiger partial charge in [-0.3, -0.25) is 19.8 Å². The van der Waals surface area contributed by atoms with Gasteiger partial charge in [0.05, 0.1) is 5.69 Å². The number of thiocarbonyl (C=S) groups is 1. The van der Waals surface area contributed by atoms with Gasteiger partial charge in [-0.05, 0) is 90.8 Å². The van der Waals surface area contributed by atoms with Crippen LogP contribution in [0.15, 0.2) is 78.4 Å². The third-order valence-electron chi connectivity index (χ3n) is 6.47. The zero-order valence-corrected chi connectivity index (χ0v) is 20.6. The topological polar surface area (TPSA) is 54.3 Å². The predicted molar refractivity (Wildman–Crippen MR) is 145 cm³/mol. The fourth-order valence-corrected chi connectivity index (χ4v) is 4.86. The fraction of sp³-hybridized carbons (Fsp3) is 0.138. The zero-order chi connectivity index (χ0) is 24.7. The maximum absolute atomic E-state index is 13.4. The lowest BCUT2D eigenvalue weighted by atomic mass is 10.1. The van der Waals surface area contributed by atoms with Gasteiger partial charge in [-0.1, -0.05) is 49.4 Å². The molecule has 0 atom stereocenters. The average molecular weight is 480 g/mol. The number of benzene rings is 3. The average Bonchev–Trinajstić information content (AvgIpc) is 3.14. The van der Waals surface area contributed by atoms with Crippen molar-refractivity contribution in [1.29, 1.82) is 0 Å². The highest BCUT2D eigenvalue weighted by Crippen LogP contribution is 2.27. The SMILES string of the molecule is CCc1ccc(N2C(=O)C(=Cc3cc(C)n(-c4ccc5ccccc5c4)c3C)C(=O)NC2=S)cc1. The summed E-state index contributed by atoms with van der Waals surface area (Å²) in [6.45, 7) is 6.08. The molecule has 6 heteroatoms. The molecule has 0 aliphatic carbocycles. The lowest BCUT2D eigenvalue weighted by Crippen LogP contribution is -2.54. The Labute approximate surface area is 209 Å². The molecule has 1 aromatic heterocycles. The first-order valence-electron chi connectivity index (χ1n) is 11.6. The van der Waals surface area contributed by atoms with Crippen LogP contribution in [0, 0.1) is 13.8 Å². The number of fused-ring (bicyclic) bond motifs is 1. The van der Waals surface area contributed by atoms with Crippen molar-refractivity contribution in [3.63, 3.8) is 0 Å². The Balaban J connectivity index is 1.54. The van der Waals surface area contributed by atoms with Gasteiger partial charge < -0.3 is 4.57 Å². The van der Waals surface area contributed by atoms with Crippen molar-refractivity contribution in [3.8, 4) is 5.69 Å². The minimum absolute atomic E-state index is 0.0527. The Bertz CT molecular complexity index is 1530. The predicted octanol–water partition coefficient (Wildman–Crippen LogP) is 5.64. The molecule has 3 aromatic carbocycles. The Kier molecular flexibility index (Phi) is 5.83. The molecule has 2 amide bonds. The number of amides is 2. The Morgan fingerprint density at radius 3 is 2.29 bits per heavy atom. The number of hydrogen-bond acceptors (Lipinski definition) is 3. The molecule has 5 nitrogen and oxygen atoms in total. The van der Waals surface area contributed by atoms with Gasteiger partial charge in [0.2, 0.25) is 0 Å². The van der Waals surface area contributed by atoms with E-state index in [0.717, 1.165) is 40.0 Å². The summed E-state index contributed by atoms with van der Waals surface area (Å²) >= 11 is 5.34. The largest absolute Gasteiger partial charge is 0.318 e. The van der Waals surface area contributed by atoms with E-state index in [2.05, 4.69) is 47.1 Å². The van der Waals surface area contributed by atoms with Crippen LogP contribution in [-0.4, -0.2) is 21.5 Å². The summed E-state index contributed by atoms with van der Waals surface area (Å²) in [5.74, 6) is -0.921.